The Morgan fingerprint density at radius 2 is 2.05 bits per heavy atom. The van der Waals surface area contributed by atoms with Crippen molar-refractivity contribution in [3.05, 3.63) is 29.3 Å². The van der Waals surface area contributed by atoms with Crippen LogP contribution in [-0.4, -0.2) is 21.9 Å². The number of nitrogens with one attached hydrogen (secondary N) is 1. The van der Waals surface area contributed by atoms with Gasteiger partial charge in [-0.05, 0) is 52.8 Å². The van der Waals surface area contributed by atoms with Crippen LogP contribution >= 0.6 is 12.2 Å². The third-order valence-corrected chi connectivity index (χ3v) is 3.77. The molecule has 0 radical (unpaired) electrons. The Morgan fingerprint density at radius 3 is 2.59 bits per heavy atom. The van der Waals surface area contributed by atoms with Crippen molar-refractivity contribution in [2.24, 2.45) is 0 Å². The fourth-order valence-corrected chi connectivity index (χ4v) is 2.99. The Labute approximate surface area is 136 Å². The summed E-state index contributed by atoms with van der Waals surface area (Å²) in [6.45, 7) is 9.44. The third-order valence-electron chi connectivity index (χ3n) is 3.43. The van der Waals surface area contributed by atoms with Crippen LogP contribution in [0.15, 0.2) is 18.2 Å². The van der Waals surface area contributed by atoms with Gasteiger partial charge >= 0.3 is 0 Å². The van der Waals surface area contributed by atoms with E-state index in [4.69, 9.17) is 22.2 Å². The largest absolute Gasteiger partial charge is 0.480 e. The zero-order valence-electron chi connectivity index (χ0n) is 13.5. The molecule has 1 aliphatic heterocycles. The lowest BCUT2D eigenvalue weighted by Gasteiger charge is -2.37. The number of hydrogen-bond acceptors (Lipinski definition) is 4. The van der Waals surface area contributed by atoms with Gasteiger partial charge in [-0.2, -0.15) is 5.26 Å². The molecule has 1 atom stereocenters. The molecule has 1 aliphatic rings. The first-order valence-electron chi connectivity index (χ1n) is 7.14. The summed E-state index contributed by atoms with van der Waals surface area (Å²) in [5, 5.41) is 12.3. The molecule has 0 saturated heterocycles. The number of Topliss-reactive ketones (excluding diaryl/α,β-unsaturated/α-hetero) is 1. The molecule has 2 rings (SSSR count). The lowest BCUT2D eigenvalue weighted by atomic mass is 9.82. The SMILES string of the molecule is CC(C)(C)NC(=S)C1C(=O)C(C)(C)Oc2ccc(C#N)cc21. The van der Waals surface area contributed by atoms with Gasteiger partial charge < -0.3 is 10.1 Å². The van der Waals surface area contributed by atoms with E-state index in [-0.39, 0.29) is 11.3 Å². The minimum absolute atomic E-state index is 0.100. The first kappa shape index (κ1) is 16.4. The summed E-state index contributed by atoms with van der Waals surface area (Å²) in [6.07, 6.45) is 0. The number of rotatable bonds is 1. The van der Waals surface area contributed by atoms with Gasteiger partial charge in [0.15, 0.2) is 11.4 Å². The van der Waals surface area contributed by atoms with E-state index < -0.39 is 11.5 Å². The number of nitrogens with zero attached hydrogens (tertiary/aromatic N) is 1. The molecule has 0 saturated carbocycles. The first-order valence-corrected chi connectivity index (χ1v) is 7.55. The van der Waals surface area contributed by atoms with Crippen molar-refractivity contribution in [3.63, 3.8) is 0 Å². The molecule has 22 heavy (non-hydrogen) atoms. The molecule has 1 heterocycles. The zero-order valence-corrected chi connectivity index (χ0v) is 14.3. The van der Waals surface area contributed by atoms with E-state index >= 15 is 0 Å². The van der Waals surface area contributed by atoms with E-state index in [0.29, 0.717) is 21.9 Å². The maximum Gasteiger partial charge on any atom is 0.190 e. The molecule has 1 aromatic rings. The monoisotopic (exact) mass is 316 g/mol. The molecule has 0 bridgehead atoms. The summed E-state index contributed by atoms with van der Waals surface area (Å²) in [7, 11) is 0. The second-order valence-corrected chi connectivity index (χ2v) is 7.45. The van der Waals surface area contributed by atoms with Crippen molar-refractivity contribution in [3.8, 4) is 11.8 Å². The average Bonchev–Trinajstić information content (AvgIpc) is 2.37. The summed E-state index contributed by atoms with van der Waals surface area (Å²) in [5.74, 6) is -0.0928. The molecule has 0 spiro atoms. The first-order chi connectivity index (χ1) is 10.0. The smallest absolute Gasteiger partial charge is 0.190 e. The van der Waals surface area contributed by atoms with Gasteiger partial charge in [0.05, 0.1) is 16.6 Å². The number of hydrogen-bond donors (Lipinski definition) is 1. The van der Waals surface area contributed by atoms with E-state index in [9.17, 15) is 4.79 Å². The highest BCUT2D eigenvalue weighted by molar-refractivity contribution is 7.80. The molecule has 5 heteroatoms. The van der Waals surface area contributed by atoms with Crippen LogP contribution in [-0.2, 0) is 4.79 Å². The summed E-state index contributed by atoms with van der Waals surface area (Å²) < 4.78 is 5.80. The van der Waals surface area contributed by atoms with Gasteiger partial charge in [-0.25, -0.2) is 0 Å². The molecule has 1 N–H and O–H groups in total. The van der Waals surface area contributed by atoms with Gasteiger partial charge in [-0.1, -0.05) is 12.2 Å². The van der Waals surface area contributed by atoms with E-state index in [1.807, 2.05) is 20.8 Å². The number of nitriles is 1. The fourth-order valence-electron chi connectivity index (χ4n) is 2.45. The topological polar surface area (TPSA) is 62.1 Å². The van der Waals surface area contributed by atoms with Crippen LogP contribution in [0.4, 0.5) is 0 Å². The summed E-state index contributed by atoms with van der Waals surface area (Å²) >= 11 is 5.49. The highest BCUT2D eigenvalue weighted by Crippen LogP contribution is 2.39. The van der Waals surface area contributed by atoms with Crippen molar-refractivity contribution in [2.75, 3.05) is 0 Å². The van der Waals surface area contributed by atoms with E-state index in [1.165, 1.54) is 0 Å². The van der Waals surface area contributed by atoms with Crippen LogP contribution in [0.3, 0.4) is 0 Å². The lowest BCUT2D eigenvalue weighted by molar-refractivity contribution is -0.133. The normalized spacial score (nSPS) is 19.6. The van der Waals surface area contributed by atoms with Crippen LogP contribution in [0.2, 0.25) is 0 Å². The quantitative estimate of drug-likeness (QED) is 0.807. The van der Waals surface area contributed by atoms with E-state index in [0.717, 1.165) is 0 Å². The number of fused-ring (bicyclic) bond motifs is 1. The van der Waals surface area contributed by atoms with Crippen LogP contribution in [0.1, 0.15) is 51.7 Å². The molecule has 4 nitrogen and oxygen atoms in total. The Balaban J connectivity index is 2.54. The van der Waals surface area contributed by atoms with Gasteiger partial charge in [0.25, 0.3) is 0 Å². The zero-order chi connectivity index (χ0) is 16.7. The Morgan fingerprint density at radius 1 is 1.41 bits per heavy atom. The predicted molar refractivity (Wildman–Crippen MR) is 89.1 cm³/mol. The summed E-state index contributed by atoms with van der Waals surface area (Å²) in [4.78, 5) is 13.3. The second kappa shape index (κ2) is 5.36. The summed E-state index contributed by atoms with van der Waals surface area (Å²) in [6, 6.07) is 7.19. The molecule has 0 amide bonds. The molecular weight excluding hydrogens is 296 g/mol. The third kappa shape index (κ3) is 3.12. The van der Waals surface area contributed by atoms with Gasteiger partial charge in [0, 0.05) is 11.1 Å². The maximum atomic E-state index is 12.8. The molecule has 1 unspecified atom stereocenters. The number of ketones is 1. The highest BCUT2D eigenvalue weighted by Gasteiger charge is 2.45. The molecule has 116 valence electrons. The number of thiocarbonyl (C=S) groups is 1. The van der Waals surface area contributed by atoms with Crippen LogP contribution in [0, 0.1) is 11.3 Å². The Kier molecular flexibility index (Phi) is 4.01. The van der Waals surface area contributed by atoms with Crippen molar-refractivity contribution >= 4 is 23.0 Å². The summed E-state index contributed by atoms with van der Waals surface area (Å²) in [5.41, 5.74) is -0.0500. The van der Waals surface area contributed by atoms with E-state index in [1.54, 1.807) is 32.0 Å². The second-order valence-electron chi connectivity index (χ2n) is 7.01. The van der Waals surface area contributed by atoms with Crippen LogP contribution in [0.5, 0.6) is 5.75 Å². The van der Waals surface area contributed by atoms with Gasteiger partial charge in [0.2, 0.25) is 0 Å². The Hall–Kier alpha value is -1.93. The fraction of sp³-hybridized carbons (Fsp3) is 0.471. The number of ether oxygens (including phenoxy) is 1. The molecule has 0 aliphatic carbocycles. The van der Waals surface area contributed by atoms with Crippen LogP contribution in [0.25, 0.3) is 0 Å². The Bertz CT molecular complexity index is 681. The molecular formula is C17H20N2O2S. The standard InChI is InChI=1S/C17H20N2O2S/c1-16(2,3)19-15(22)13-11-8-10(9-18)6-7-12(11)21-17(4,5)14(13)20/h6-8,13H,1-5H3,(H,19,22). The lowest BCUT2D eigenvalue weighted by Crippen LogP contribution is -2.51. The van der Waals surface area contributed by atoms with Gasteiger partial charge in [-0.3, -0.25) is 4.79 Å². The van der Waals surface area contributed by atoms with E-state index in [2.05, 4.69) is 11.4 Å². The van der Waals surface area contributed by atoms with Gasteiger partial charge in [-0.15, -0.1) is 0 Å². The number of carbonyl (C=O) groups excluding carboxylic acids is 1. The minimum Gasteiger partial charge on any atom is -0.480 e. The van der Waals surface area contributed by atoms with Crippen molar-refractivity contribution in [1.82, 2.24) is 5.32 Å². The predicted octanol–water partition coefficient (Wildman–Crippen LogP) is 3.10. The van der Waals surface area contributed by atoms with Gasteiger partial charge in [0.1, 0.15) is 11.7 Å². The maximum absolute atomic E-state index is 12.8. The molecule has 1 aromatic carbocycles. The number of carbonyl (C=O) groups is 1. The number of benzene rings is 1. The van der Waals surface area contributed by atoms with Crippen molar-refractivity contribution in [2.45, 2.75) is 51.7 Å². The highest BCUT2D eigenvalue weighted by atomic mass is 32.1. The van der Waals surface area contributed by atoms with Crippen molar-refractivity contribution in [1.29, 1.82) is 5.26 Å². The van der Waals surface area contributed by atoms with Crippen LogP contribution < -0.4 is 10.1 Å². The molecule has 0 fully saturated rings. The average molecular weight is 316 g/mol. The minimum atomic E-state index is -0.949. The van der Waals surface area contributed by atoms with Crippen molar-refractivity contribution < 1.29 is 9.53 Å². The molecule has 0 aromatic heterocycles.